The molecule has 0 saturated carbocycles. The molecule has 8 heteroatoms. The first-order valence-corrected chi connectivity index (χ1v) is 11.1. The number of hydrogen-bond acceptors (Lipinski definition) is 6. The molecule has 0 atom stereocenters. The number of aliphatic imine (C=N–C) groups is 1. The highest BCUT2D eigenvalue weighted by Crippen LogP contribution is 2.33. The van der Waals surface area contributed by atoms with Crippen LogP contribution in [-0.2, 0) is 4.79 Å². The van der Waals surface area contributed by atoms with Gasteiger partial charge in [-0.15, -0.1) is 0 Å². The summed E-state index contributed by atoms with van der Waals surface area (Å²) >= 11 is 7.32. The first kappa shape index (κ1) is 22.6. The van der Waals surface area contributed by atoms with Crippen LogP contribution in [-0.4, -0.2) is 24.2 Å². The minimum absolute atomic E-state index is 0.237. The number of amides is 1. The van der Waals surface area contributed by atoms with Crippen molar-refractivity contribution in [3.8, 4) is 11.5 Å². The number of carbonyl (C=O) groups excluding carboxylic acids is 2. The number of amidine groups is 1. The van der Waals surface area contributed by atoms with Crippen molar-refractivity contribution in [1.29, 1.82) is 0 Å². The van der Waals surface area contributed by atoms with Gasteiger partial charge in [0.1, 0.15) is 0 Å². The molecule has 33 heavy (non-hydrogen) atoms. The summed E-state index contributed by atoms with van der Waals surface area (Å²) in [5.74, 6) is -0.233. The first-order chi connectivity index (χ1) is 15.9. The van der Waals surface area contributed by atoms with E-state index in [-0.39, 0.29) is 17.2 Å². The zero-order valence-electron chi connectivity index (χ0n) is 17.8. The Balaban J connectivity index is 1.52. The van der Waals surface area contributed by atoms with E-state index in [1.54, 1.807) is 48.5 Å². The van der Waals surface area contributed by atoms with Gasteiger partial charge in [-0.1, -0.05) is 47.5 Å². The van der Waals surface area contributed by atoms with Crippen molar-refractivity contribution in [2.75, 3.05) is 7.11 Å². The summed E-state index contributed by atoms with van der Waals surface area (Å²) in [5, 5.41) is 3.58. The van der Waals surface area contributed by atoms with Crippen LogP contribution in [0, 0.1) is 6.92 Å². The molecule has 0 bridgehead atoms. The smallest absolute Gasteiger partial charge is 0.345 e. The summed E-state index contributed by atoms with van der Waals surface area (Å²) in [7, 11) is 1.47. The lowest BCUT2D eigenvalue weighted by Crippen LogP contribution is -2.19. The molecule has 6 nitrogen and oxygen atoms in total. The van der Waals surface area contributed by atoms with Crippen molar-refractivity contribution < 1.29 is 19.1 Å². The molecule has 0 unspecified atom stereocenters. The number of rotatable bonds is 5. The highest BCUT2D eigenvalue weighted by Gasteiger charge is 2.24. The van der Waals surface area contributed by atoms with Gasteiger partial charge in [-0.05, 0) is 66.7 Å². The summed E-state index contributed by atoms with van der Waals surface area (Å²) in [4.78, 5) is 29.8. The number of esters is 1. The van der Waals surface area contributed by atoms with Crippen LogP contribution >= 0.6 is 23.4 Å². The molecule has 0 spiro atoms. The van der Waals surface area contributed by atoms with Crippen LogP contribution in [0.15, 0.2) is 76.6 Å². The van der Waals surface area contributed by atoms with E-state index in [4.69, 9.17) is 21.1 Å². The van der Waals surface area contributed by atoms with Gasteiger partial charge in [0.25, 0.3) is 5.91 Å². The molecule has 4 rings (SSSR count). The van der Waals surface area contributed by atoms with Gasteiger partial charge in [0.2, 0.25) is 0 Å². The summed E-state index contributed by atoms with van der Waals surface area (Å²) in [6.45, 7) is 2.00. The Bertz CT molecular complexity index is 1290. The average molecular weight is 479 g/mol. The third-order valence-corrected chi connectivity index (χ3v) is 5.94. The Morgan fingerprint density at radius 2 is 1.82 bits per heavy atom. The SMILES string of the molecule is COc1cc(C=C2SC(=Nc3ccc(C)cc3)NC2=O)ccc1OC(=O)c1ccccc1Cl. The lowest BCUT2D eigenvalue weighted by Gasteiger charge is -2.10. The van der Waals surface area contributed by atoms with E-state index in [0.717, 1.165) is 11.3 Å². The van der Waals surface area contributed by atoms with E-state index in [9.17, 15) is 9.59 Å². The zero-order chi connectivity index (χ0) is 23.4. The maximum Gasteiger partial charge on any atom is 0.345 e. The number of thioether (sulfide) groups is 1. The molecular formula is C25H19ClN2O4S. The van der Waals surface area contributed by atoms with Crippen molar-refractivity contribution >= 4 is 52.2 Å². The number of nitrogens with zero attached hydrogens (tertiary/aromatic N) is 1. The fourth-order valence-corrected chi connectivity index (χ4v) is 4.06. The number of halogens is 1. The summed E-state index contributed by atoms with van der Waals surface area (Å²) in [6, 6.07) is 19.4. The second-order valence-electron chi connectivity index (χ2n) is 7.10. The standard InChI is InChI=1S/C25H19ClN2O4S/c1-15-7-10-17(11-8-15)27-25-28-23(29)22(33-25)14-16-9-12-20(21(13-16)31-2)32-24(30)18-5-3-4-6-19(18)26/h3-14H,1-2H3,(H,27,28,29). The molecule has 1 N–H and O–H groups in total. The normalized spacial score (nSPS) is 15.5. The summed E-state index contributed by atoms with van der Waals surface area (Å²) < 4.78 is 10.9. The average Bonchev–Trinajstić information content (AvgIpc) is 3.15. The third-order valence-electron chi connectivity index (χ3n) is 4.70. The fourth-order valence-electron chi connectivity index (χ4n) is 3.01. The van der Waals surface area contributed by atoms with E-state index in [0.29, 0.717) is 26.4 Å². The highest BCUT2D eigenvalue weighted by molar-refractivity contribution is 8.18. The van der Waals surface area contributed by atoms with E-state index in [1.807, 2.05) is 31.2 Å². The van der Waals surface area contributed by atoms with Gasteiger partial charge < -0.3 is 14.8 Å². The molecule has 166 valence electrons. The number of methoxy groups -OCH3 is 1. The maximum absolute atomic E-state index is 12.5. The predicted octanol–water partition coefficient (Wildman–Crippen LogP) is 5.77. The van der Waals surface area contributed by atoms with E-state index < -0.39 is 5.97 Å². The van der Waals surface area contributed by atoms with E-state index in [2.05, 4.69) is 10.3 Å². The molecule has 0 aromatic heterocycles. The number of aryl methyl sites for hydroxylation is 1. The Kier molecular flexibility index (Phi) is 6.82. The maximum atomic E-state index is 12.5. The van der Waals surface area contributed by atoms with Crippen molar-refractivity contribution in [1.82, 2.24) is 5.32 Å². The van der Waals surface area contributed by atoms with Gasteiger partial charge in [0.05, 0.1) is 28.3 Å². The third kappa shape index (κ3) is 5.45. The molecule has 1 amide bonds. The fraction of sp³-hybridized carbons (Fsp3) is 0.0800. The molecule has 1 saturated heterocycles. The van der Waals surface area contributed by atoms with Crippen LogP contribution in [0.2, 0.25) is 5.02 Å². The van der Waals surface area contributed by atoms with Crippen LogP contribution in [0.5, 0.6) is 11.5 Å². The van der Waals surface area contributed by atoms with Crippen molar-refractivity contribution in [3.63, 3.8) is 0 Å². The van der Waals surface area contributed by atoms with Gasteiger partial charge in [-0.2, -0.15) is 0 Å². The van der Waals surface area contributed by atoms with Gasteiger partial charge in [0, 0.05) is 0 Å². The molecular weight excluding hydrogens is 460 g/mol. The Hall–Kier alpha value is -3.55. The Labute approximate surface area is 200 Å². The van der Waals surface area contributed by atoms with Gasteiger partial charge in [0.15, 0.2) is 16.7 Å². The van der Waals surface area contributed by atoms with Crippen LogP contribution in [0.1, 0.15) is 21.5 Å². The summed E-state index contributed by atoms with van der Waals surface area (Å²) in [6.07, 6.45) is 1.72. The minimum atomic E-state index is -0.590. The minimum Gasteiger partial charge on any atom is -0.493 e. The molecule has 0 aliphatic carbocycles. The van der Waals surface area contributed by atoms with Crippen LogP contribution in [0.25, 0.3) is 6.08 Å². The zero-order valence-corrected chi connectivity index (χ0v) is 19.4. The molecule has 1 fully saturated rings. The van der Waals surface area contributed by atoms with Crippen LogP contribution in [0.3, 0.4) is 0 Å². The Morgan fingerprint density at radius 1 is 1.06 bits per heavy atom. The number of benzene rings is 3. The monoisotopic (exact) mass is 478 g/mol. The number of hydrogen-bond donors (Lipinski definition) is 1. The second kappa shape index (κ2) is 9.94. The van der Waals surface area contributed by atoms with Gasteiger partial charge in [-0.25, -0.2) is 9.79 Å². The molecule has 3 aromatic carbocycles. The molecule has 1 aliphatic heterocycles. The largest absolute Gasteiger partial charge is 0.493 e. The van der Waals surface area contributed by atoms with Crippen LogP contribution in [0.4, 0.5) is 5.69 Å². The number of ether oxygens (including phenoxy) is 2. The first-order valence-electron chi connectivity index (χ1n) is 9.94. The lowest BCUT2D eigenvalue weighted by atomic mass is 10.2. The Morgan fingerprint density at radius 3 is 2.55 bits per heavy atom. The molecule has 0 radical (unpaired) electrons. The van der Waals surface area contributed by atoms with Gasteiger partial charge in [-0.3, -0.25) is 4.79 Å². The number of nitrogens with one attached hydrogen (secondary N) is 1. The topological polar surface area (TPSA) is 77.0 Å². The van der Waals surface area contributed by atoms with Crippen molar-refractivity contribution in [2.24, 2.45) is 4.99 Å². The summed E-state index contributed by atoms with van der Waals surface area (Å²) in [5.41, 5.74) is 2.86. The lowest BCUT2D eigenvalue weighted by molar-refractivity contribution is -0.115. The second-order valence-corrected chi connectivity index (χ2v) is 8.53. The van der Waals surface area contributed by atoms with Crippen LogP contribution < -0.4 is 14.8 Å². The quantitative estimate of drug-likeness (QED) is 0.286. The van der Waals surface area contributed by atoms with Crippen molar-refractivity contribution in [2.45, 2.75) is 6.92 Å². The number of carbonyl (C=O) groups is 2. The van der Waals surface area contributed by atoms with Gasteiger partial charge >= 0.3 is 5.97 Å². The molecule has 3 aromatic rings. The van der Waals surface area contributed by atoms with E-state index >= 15 is 0 Å². The predicted molar refractivity (Wildman–Crippen MR) is 131 cm³/mol. The highest BCUT2D eigenvalue weighted by atomic mass is 35.5. The molecule has 1 aliphatic rings. The molecule has 1 heterocycles. The van der Waals surface area contributed by atoms with Crippen molar-refractivity contribution in [3.05, 3.63) is 93.3 Å². The van der Waals surface area contributed by atoms with E-state index in [1.165, 1.54) is 18.9 Å².